The van der Waals surface area contributed by atoms with Crippen LogP contribution in [0.1, 0.15) is 106 Å². The predicted molar refractivity (Wildman–Crippen MR) is 278 cm³/mol. The number of rotatable bonds is 18. The summed E-state index contributed by atoms with van der Waals surface area (Å²) in [5.74, 6) is 0.577. The van der Waals surface area contributed by atoms with Crippen molar-refractivity contribution in [3.05, 3.63) is 72.6 Å². The van der Waals surface area contributed by atoms with E-state index in [1.54, 1.807) is 55.6 Å². The van der Waals surface area contributed by atoms with Crippen molar-refractivity contribution in [3.63, 3.8) is 0 Å². The number of nitrogens with zero attached hydrogens (tertiary/aromatic N) is 10. The third-order valence-corrected chi connectivity index (χ3v) is 17.8. The maximum atomic E-state index is 14.8. The van der Waals surface area contributed by atoms with Crippen molar-refractivity contribution in [1.82, 2.24) is 50.0 Å². The summed E-state index contributed by atoms with van der Waals surface area (Å²) >= 11 is 0. The molecule has 4 N–H and O–H groups in total. The molecule has 4 aromatic rings. The second-order valence-corrected chi connectivity index (χ2v) is 22.8. The zero-order valence-corrected chi connectivity index (χ0v) is 43.4. The molecule has 6 heterocycles. The molecule has 2 saturated heterocycles. The number of likely N-dealkylation sites (N-methyl/N-ethyl adjacent to an activating group) is 1. The Balaban J connectivity index is 0.858. The third-order valence-electron chi connectivity index (χ3n) is 17.8. The normalized spacial score (nSPS) is 24.0. The molecule has 0 radical (unpaired) electrons. The Bertz CT molecular complexity index is 2650. The first kappa shape index (κ1) is 50.2. The van der Waals surface area contributed by atoms with Gasteiger partial charge in [-0.3, -0.25) is 33.3 Å². The molecule has 5 unspecified atom stereocenters. The maximum absolute atomic E-state index is 14.8. The lowest BCUT2D eigenvalue weighted by Crippen LogP contribution is -2.56. The van der Waals surface area contributed by atoms with Crippen molar-refractivity contribution >= 4 is 52.5 Å². The molecule has 5 amide bonds. The van der Waals surface area contributed by atoms with E-state index in [1.807, 2.05) is 29.2 Å². The molecule has 4 aromatic heterocycles. The summed E-state index contributed by atoms with van der Waals surface area (Å²) in [6, 6.07) is 9.62. The number of carbonyl (C=O) groups excluding carboxylic acids is 5. The number of anilines is 4. The molecular formula is C54H74N14O5. The van der Waals surface area contributed by atoms with Crippen LogP contribution in [-0.2, 0) is 28.0 Å². The van der Waals surface area contributed by atoms with Crippen molar-refractivity contribution in [2.24, 2.45) is 47.5 Å². The summed E-state index contributed by atoms with van der Waals surface area (Å²) < 4.78 is 3.27. The monoisotopic (exact) mass is 999 g/mol. The second kappa shape index (κ2) is 20.5. The van der Waals surface area contributed by atoms with E-state index in [9.17, 15) is 24.0 Å². The van der Waals surface area contributed by atoms with E-state index >= 15 is 0 Å². The van der Waals surface area contributed by atoms with Crippen LogP contribution in [0.3, 0.4) is 0 Å². The summed E-state index contributed by atoms with van der Waals surface area (Å²) in [5, 5.41) is 21.6. The minimum absolute atomic E-state index is 0.0239. The lowest BCUT2D eigenvalue weighted by molar-refractivity contribution is -0.129. The van der Waals surface area contributed by atoms with Crippen LogP contribution >= 0.6 is 0 Å². The second-order valence-electron chi connectivity index (χ2n) is 22.8. The summed E-state index contributed by atoms with van der Waals surface area (Å²) in [7, 11) is 3.84. The number of aromatic nitrogens is 6. The summed E-state index contributed by atoms with van der Waals surface area (Å²) in [5.41, 5.74) is 1.58. The van der Waals surface area contributed by atoms with Crippen molar-refractivity contribution in [3.8, 4) is 0 Å². The van der Waals surface area contributed by atoms with Crippen LogP contribution in [-0.4, -0.2) is 140 Å². The molecule has 0 spiro atoms. The molecule has 390 valence electrons. The molecule has 6 fully saturated rings. The first-order chi connectivity index (χ1) is 35.1. The fraction of sp³-hybridized carbons (Fsp3) is 0.611. The minimum atomic E-state index is -0.893. The van der Waals surface area contributed by atoms with Gasteiger partial charge >= 0.3 is 0 Å². The van der Waals surface area contributed by atoms with Gasteiger partial charge in [0.1, 0.15) is 35.1 Å². The number of amides is 5. The highest BCUT2D eigenvalue weighted by molar-refractivity contribution is 6.02. The Morgan fingerprint density at radius 2 is 1.27 bits per heavy atom. The van der Waals surface area contributed by atoms with Crippen molar-refractivity contribution in [2.45, 2.75) is 110 Å². The predicted octanol–water partition coefficient (Wildman–Crippen LogP) is 5.05. The standard InChI is InChI=1S/C54H74N14O5/c1-34-32-63(5)24-29-67(34)44-15-12-39(31-56-44)59-51(72)47(45(36-8-7-9-36)53(3)18-19-53)61-50(71)42-17-23-58-68(42)33-37-10-13-40(37)46(54(4)20-21-54)48(62-49(70)41-16-22-57-64(41)6)52(73)60-38-11-14-43(55-30-38)66-27-25-65(26-28-66)35(2)69/h11-12,14-17,22-23,30-31,34,36-37,40,45-48H,7-10,13,18-21,24-29,32-33H2,1-6H3,(H,59,72)(H,60,73)(H,61,71)(H,62,70)/t34?,37?,40?,45?,46?,47-,48-/m0/s1. The number of nitrogens with one attached hydrogen (secondary N) is 4. The Labute approximate surface area is 428 Å². The Hall–Kier alpha value is -6.37. The molecule has 2 aliphatic heterocycles. The molecule has 0 bridgehead atoms. The first-order valence-corrected chi connectivity index (χ1v) is 26.7. The molecular weight excluding hydrogens is 925 g/mol. The summed E-state index contributed by atoms with van der Waals surface area (Å²) in [4.78, 5) is 88.1. The number of hydrogen-bond donors (Lipinski definition) is 4. The molecule has 19 nitrogen and oxygen atoms in total. The number of aryl methyl sites for hydroxylation is 1. The van der Waals surface area contributed by atoms with Crippen LogP contribution < -0.4 is 31.1 Å². The SMILES string of the molecule is CC(=O)N1CCN(c2ccc(NC(=O)[C@@H](NC(=O)c3ccnn3C)C(C3CCC3Cn3nccc3C(=O)N[C@H](C(=O)Nc3ccc(N4CCN(C)CC4C)nc3)C(C3CCC3)C3(C)CC3)C3(C)CC3)cn2)CC1. The van der Waals surface area contributed by atoms with E-state index in [1.165, 1.54) is 4.68 Å². The maximum Gasteiger partial charge on any atom is 0.270 e. The third kappa shape index (κ3) is 10.7. The molecule has 0 aromatic carbocycles. The lowest BCUT2D eigenvalue weighted by atomic mass is 9.60. The van der Waals surface area contributed by atoms with Crippen molar-refractivity contribution < 1.29 is 24.0 Å². The highest BCUT2D eigenvalue weighted by Crippen LogP contribution is 2.60. The first-order valence-electron chi connectivity index (χ1n) is 26.7. The molecule has 7 atom stereocenters. The van der Waals surface area contributed by atoms with Gasteiger partial charge in [0, 0.05) is 84.8 Å². The Morgan fingerprint density at radius 1 is 0.685 bits per heavy atom. The van der Waals surface area contributed by atoms with Crippen molar-refractivity contribution in [1.29, 1.82) is 0 Å². The van der Waals surface area contributed by atoms with Gasteiger partial charge in [-0.25, -0.2) is 9.97 Å². The van der Waals surface area contributed by atoms with Crippen molar-refractivity contribution in [2.75, 3.05) is 73.3 Å². The average molecular weight is 999 g/mol. The van der Waals surface area contributed by atoms with Crippen LogP contribution in [0.15, 0.2) is 61.2 Å². The van der Waals surface area contributed by atoms with Gasteiger partial charge in [0.05, 0.1) is 23.8 Å². The van der Waals surface area contributed by atoms with Gasteiger partial charge in [-0.1, -0.05) is 33.1 Å². The van der Waals surface area contributed by atoms with E-state index in [4.69, 9.17) is 10.1 Å². The van der Waals surface area contributed by atoms with Gasteiger partial charge in [0.25, 0.3) is 11.8 Å². The minimum Gasteiger partial charge on any atom is -0.353 e. The highest BCUT2D eigenvalue weighted by Gasteiger charge is 2.57. The molecule has 10 rings (SSSR count). The van der Waals surface area contributed by atoms with Gasteiger partial charge in [-0.05, 0) is 129 Å². The molecule has 4 aliphatic carbocycles. The number of carbonyl (C=O) groups is 5. The van der Waals surface area contributed by atoms with Crippen LogP contribution in [0.5, 0.6) is 0 Å². The van der Waals surface area contributed by atoms with E-state index in [2.05, 4.69) is 73.9 Å². The zero-order chi connectivity index (χ0) is 51.2. The average Bonchev–Trinajstić information content (AvgIpc) is 4.16. The quantitative estimate of drug-likeness (QED) is 0.103. The van der Waals surface area contributed by atoms with Gasteiger partial charge < -0.3 is 40.9 Å². The molecule has 19 heteroatoms. The fourth-order valence-corrected chi connectivity index (χ4v) is 12.6. The summed E-state index contributed by atoms with van der Waals surface area (Å²) in [6.07, 6.45) is 15.3. The number of pyridine rings is 2. The smallest absolute Gasteiger partial charge is 0.270 e. The number of hydrogen-bond acceptors (Lipinski definition) is 12. The van der Waals surface area contributed by atoms with E-state index in [-0.39, 0.29) is 64.0 Å². The topological polar surface area (TPSA) is 208 Å². The van der Waals surface area contributed by atoms with Crippen LogP contribution in [0, 0.1) is 40.4 Å². The Kier molecular flexibility index (Phi) is 14.1. The van der Waals surface area contributed by atoms with Gasteiger partial charge in [-0.15, -0.1) is 0 Å². The molecule has 4 saturated carbocycles. The molecule has 73 heavy (non-hydrogen) atoms. The number of piperazine rings is 2. The van der Waals surface area contributed by atoms with Gasteiger partial charge in [0.2, 0.25) is 17.7 Å². The van der Waals surface area contributed by atoms with E-state index in [0.717, 1.165) is 89.1 Å². The van der Waals surface area contributed by atoms with Crippen LogP contribution in [0.2, 0.25) is 0 Å². The molecule has 6 aliphatic rings. The van der Waals surface area contributed by atoms with Crippen LogP contribution in [0.25, 0.3) is 0 Å². The van der Waals surface area contributed by atoms with E-state index < -0.39 is 12.1 Å². The van der Waals surface area contributed by atoms with Gasteiger partial charge in [-0.2, -0.15) is 10.2 Å². The van der Waals surface area contributed by atoms with E-state index in [0.29, 0.717) is 67.4 Å². The van der Waals surface area contributed by atoms with Gasteiger partial charge in [0.15, 0.2) is 0 Å². The summed E-state index contributed by atoms with van der Waals surface area (Å²) in [6.45, 7) is 14.1. The Morgan fingerprint density at radius 3 is 1.79 bits per heavy atom. The largest absolute Gasteiger partial charge is 0.353 e. The van der Waals surface area contributed by atoms with Crippen LogP contribution in [0.4, 0.5) is 23.0 Å². The lowest BCUT2D eigenvalue weighted by Gasteiger charge is -2.47. The highest BCUT2D eigenvalue weighted by atomic mass is 16.2. The zero-order valence-electron chi connectivity index (χ0n) is 43.4. The fourth-order valence-electron chi connectivity index (χ4n) is 12.6.